The van der Waals surface area contributed by atoms with Gasteiger partial charge in [0.15, 0.2) is 0 Å². The number of nitrogens with zero attached hydrogens (tertiary/aromatic N) is 4. The van der Waals surface area contributed by atoms with Gasteiger partial charge in [-0.2, -0.15) is 4.98 Å². The third-order valence-corrected chi connectivity index (χ3v) is 7.44. The zero-order valence-corrected chi connectivity index (χ0v) is 21.5. The molecule has 3 heterocycles. The Hall–Kier alpha value is -3.10. The predicted octanol–water partition coefficient (Wildman–Crippen LogP) is 4.64. The van der Waals surface area contributed by atoms with Crippen LogP contribution in [0.4, 0.5) is 4.39 Å². The fraction of sp³-hybridized carbons (Fsp3) is 0.483. The first-order valence-corrected chi connectivity index (χ1v) is 13.4. The Morgan fingerprint density at radius 3 is 2.43 bits per heavy atom. The number of piperidine rings is 2. The molecule has 0 bridgehead atoms. The van der Waals surface area contributed by atoms with Crippen LogP contribution in [-0.2, 0) is 24.4 Å². The van der Waals surface area contributed by atoms with Crippen molar-refractivity contribution in [3.63, 3.8) is 0 Å². The van der Waals surface area contributed by atoms with Crippen LogP contribution in [-0.4, -0.2) is 52.0 Å². The lowest BCUT2D eigenvalue weighted by Crippen LogP contribution is -2.42. The lowest BCUT2D eigenvalue weighted by molar-refractivity contribution is -0.127. The Morgan fingerprint density at radius 1 is 0.973 bits per heavy atom. The summed E-state index contributed by atoms with van der Waals surface area (Å²) in [6, 6.07) is 14.7. The smallest absolute Gasteiger partial charge is 0.241 e. The summed E-state index contributed by atoms with van der Waals surface area (Å²) in [6.07, 6.45) is 4.44. The minimum absolute atomic E-state index is 0.0615. The van der Waals surface area contributed by atoms with Crippen molar-refractivity contribution in [2.45, 2.75) is 52.2 Å². The van der Waals surface area contributed by atoms with E-state index >= 15 is 0 Å². The quantitative estimate of drug-likeness (QED) is 0.481. The third kappa shape index (κ3) is 7.02. The molecule has 5 rings (SSSR count). The summed E-state index contributed by atoms with van der Waals surface area (Å²) in [5.41, 5.74) is 3.16. The van der Waals surface area contributed by atoms with Crippen molar-refractivity contribution in [1.29, 1.82) is 0 Å². The molecule has 8 heteroatoms. The normalized spacial score (nSPS) is 21.1. The van der Waals surface area contributed by atoms with Crippen molar-refractivity contribution in [3.8, 4) is 11.4 Å². The Morgan fingerprint density at radius 2 is 1.68 bits per heavy atom. The fourth-order valence-electron chi connectivity index (χ4n) is 5.42. The summed E-state index contributed by atoms with van der Waals surface area (Å²) in [7, 11) is 0. The van der Waals surface area contributed by atoms with Crippen LogP contribution in [0.25, 0.3) is 11.4 Å². The number of likely N-dealkylation sites (tertiary alicyclic amines) is 2. The van der Waals surface area contributed by atoms with Crippen LogP contribution in [0, 0.1) is 17.7 Å². The molecule has 37 heavy (non-hydrogen) atoms. The van der Waals surface area contributed by atoms with Gasteiger partial charge in [-0.05, 0) is 80.1 Å². The first-order valence-electron chi connectivity index (χ1n) is 13.4. The van der Waals surface area contributed by atoms with Crippen LogP contribution >= 0.6 is 0 Å². The molecule has 1 N–H and O–H groups in total. The molecule has 2 atom stereocenters. The molecule has 2 saturated heterocycles. The first kappa shape index (κ1) is 25.5. The summed E-state index contributed by atoms with van der Waals surface area (Å²) in [6.45, 7) is 8.28. The Labute approximate surface area is 218 Å². The van der Waals surface area contributed by atoms with Crippen molar-refractivity contribution < 1.29 is 13.7 Å². The molecule has 2 aliphatic rings. The number of rotatable bonds is 8. The van der Waals surface area contributed by atoms with Gasteiger partial charge < -0.3 is 9.84 Å². The summed E-state index contributed by atoms with van der Waals surface area (Å²) < 4.78 is 18.6. The molecule has 196 valence electrons. The molecule has 2 aliphatic heterocycles. The molecule has 2 fully saturated rings. The summed E-state index contributed by atoms with van der Waals surface area (Å²) >= 11 is 0. The molecule has 2 unspecified atom stereocenters. The Balaban J connectivity index is 1.08. The van der Waals surface area contributed by atoms with Gasteiger partial charge in [0.25, 0.3) is 0 Å². The Kier molecular flexibility index (Phi) is 8.26. The van der Waals surface area contributed by atoms with Gasteiger partial charge >= 0.3 is 0 Å². The van der Waals surface area contributed by atoms with Crippen LogP contribution in [0.1, 0.15) is 49.6 Å². The lowest BCUT2D eigenvalue weighted by Gasteiger charge is -2.31. The van der Waals surface area contributed by atoms with E-state index < -0.39 is 0 Å². The molecule has 0 aliphatic carbocycles. The second kappa shape index (κ2) is 12.0. The zero-order valence-electron chi connectivity index (χ0n) is 21.5. The monoisotopic (exact) mass is 505 g/mol. The van der Waals surface area contributed by atoms with Crippen LogP contribution < -0.4 is 5.32 Å². The van der Waals surface area contributed by atoms with E-state index in [0.717, 1.165) is 37.4 Å². The molecule has 0 radical (unpaired) electrons. The molecule has 3 aromatic rings. The van der Waals surface area contributed by atoms with Gasteiger partial charge in [-0.3, -0.25) is 14.6 Å². The largest absolute Gasteiger partial charge is 0.352 e. The number of hydrogen-bond donors (Lipinski definition) is 1. The van der Waals surface area contributed by atoms with Crippen molar-refractivity contribution in [1.82, 2.24) is 25.3 Å². The maximum absolute atomic E-state index is 13.2. The number of nitrogens with one attached hydrogen (secondary N) is 1. The van der Waals surface area contributed by atoms with Gasteiger partial charge in [0, 0.05) is 31.7 Å². The van der Waals surface area contributed by atoms with E-state index in [1.165, 1.54) is 43.6 Å². The zero-order chi connectivity index (χ0) is 25.6. The molecule has 1 amide bonds. The number of halogens is 1. The topological polar surface area (TPSA) is 74.5 Å². The number of amides is 1. The van der Waals surface area contributed by atoms with Crippen molar-refractivity contribution in [3.05, 3.63) is 71.4 Å². The molecule has 0 spiro atoms. The summed E-state index contributed by atoms with van der Waals surface area (Å²) in [4.78, 5) is 22.1. The van der Waals surface area contributed by atoms with Crippen LogP contribution in [0.5, 0.6) is 0 Å². The molecule has 0 saturated carbocycles. The van der Waals surface area contributed by atoms with E-state index in [2.05, 4.69) is 56.4 Å². The number of carbonyl (C=O) groups is 1. The SMILES string of the molecule is CC1CCCN(Cc2ccc(CNC(=O)C3CCCN(Cc4nc(-c5ccc(F)cc5)no4)C3)cc2)C1. The highest BCUT2D eigenvalue weighted by atomic mass is 19.1. The minimum Gasteiger partial charge on any atom is -0.352 e. The van der Waals surface area contributed by atoms with Crippen molar-refractivity contribution >= 4 is 5.91 Å². The van der Waals surface area contributed by atoms with E-state index in [-0.39, 0.29) is 17.6 Å². The van der Waals surface area contributed by atoms with Gasteiger partial charge in [-0.15, -0.1) is 0 Å². The highest BCUT2D eigenvalue weighted by Crippen LogP contribution is 2.21. The van der Waals surface area contributed by atoms with E-state index in [0.29, 0.717) is 36.9 Å². The van der Waals surface area contributed by atoms with E-state index in [9.17, 15) is 9.18 Å². The first-order chi connectivity index (χ1) is 18.0. The second-order valence-electron chi connectivity index (χ2n) is 10.6. The van der Waals surface area contributed by atoms with Crippen LogP contribution in [0.2, 0.25) is 0 Å². The Bertz CT molecular complexity index is 1160. The molecule has 2 aromatic carbocycles. The molecule has 1 aromatic heterocycles. The number of carbonyl (C=O) groups excluding carboxylic acids is 1. The number of benzene rings is 2. The van der Waals surface area contributed by atoms with Crippen molar-refractivity contribution in [2.75, 3.05) is 26.2 Å². The average Bonchev–Trinajstić information content (AvgIpc) is 3.37. The molecular weight excluding hydrogens is 469 g/mol. The predicted molar refractivity (Wildman–Crippen MR) is 140 cm³/mol. The summed E-state index contributed by atoms with van der Waals surface area (Å²) in [5.74, 6) is 1.45. The maximum Gasteiger partial charge on any atom is 0.241 e. The average molecular weight is 506 g/mol. The van der Waals surface area contributed by atoms with E-state index in [4.69, 9.17) is 4.52 Å². The standard InChI is InChI=1S/C29H36FN5O2/c1-21-4-2-14-34(17-21)18-23-8-6-22(7-9-23)16-31-29(36)25-5-3-15-35(19-25)20-27-32-28(33-37-27)24-10-12-26(30)13-11-24/h6-13,21,25H,2-5,14-20H2,1H3,(H,31,36). The van der Waals surface area contributed by atoms with E-state index in [1.54, 1.807) is 12.1 Å². The second-order valence-corrected chi connectivity index (χ2v) is 10.6. The third-order valence-electron chi connectivity index (χ3n) is 7.44. The molecule has 7 nitrogen and oxygen atoms in total. The van der Waals surface area contributed by atoms with E-state index in [1.807, 2.05) is 0 Å². The maximum atomic E-state index is 13.2. The van der Waals surface area contributed by atoms with Gasteiger partial charge in [0.1, 0.15) is 5.82 Å². The van der Waals surface area contributed by atoms with Gasteiger partial charge in [0.2, 0.25) is 17.6 Å². The van der Waals surface area contributed by atoms with Crippen LogP contribution in [0.3, 0.4) is 0 Å². The highest BCUT2D eigenvalue weighted by molar-refractivity contribution is 5.79. The minimum atomic E-state index is -0.301. The summed E-state index contributed by atoms with van der Waals surface area (Å²) in [5, 5.41) is 7.16. The fourth-order valence-corrected chi connectivity index (χ4v) is 5.42. The van der Waals surface area contributed by atoms with Gasteiger partial charge in [-0.25, -0.2) is 4.39 Å². The van der Waals surface area contributed by atoms with Crippen molar-refractivity contribution in [2.24, 2.45) is 11.8 Å². The van der Waals surface area contributed by atoms with Gasteiger partial charge in [0.05, 0.1) is 12.5 Å². The lowest BCUT2D eigenvalue weighted by atomic mass is 9.97. The number of aromatic nitrogens is 2. The van der Waals surface area contributed by atoms with Gasteiger partial charge in [-0.1, -0.05) is 36.3 Å². The van der Waals surface area contributed by atoms with Crippen LogP contribution in [0.15, 0.2) is 53.1 Å². The molecular formula is C29H36FN5O2. The highest BCUT2D eigenvalue weighted by Gasteiger charge is 2.27. The number of hydrogen-bond acceptors (Lipinski definition) is 6.